The molecule has 1 fully saturated rings. The van der Waals surface area contributed by atoms with Gasteiger partial charge >= 0.3 is 6.03 Å². The summed E-state index contributed by atoms with van der Waals surface area (Å²) in [5.41, 5.74) is 0.589. The zero-order valence-corrected chi connectivity index (χ0v) is 13.6. The number of anilines is 2. The molecule has 1 aliphatic rings. The lowest BCUT2D eigenvalue weighted by atomic mass is 10.1. The molecule has 1 atom stereocenters. The van der Waals surface area contributed by atoms with Crippen molar-refractivity contribution in [3.05, 3.63) is 54.1 Å². The van der Waals surface area contributed by atoms with Gasteiger partial charge in [-0.1, -0.05) is 35.9 Å². The van der Waals surface area contributed by atoms with Crippen LogP contribution in [-0.4, -0.2) is 33.6 Å². The Labute approximate surface area is 148 Å². The number of carbonyl (C=O) groups is 1. The van der Waals surface area contributed by atoms with Gasteiger partial charge in [-0.25, -0.2) is 14.8 Å². The van der Waals surface area contributed by atoms with Crippen molar-refractivity contribution in [2.45, 2.75) is 6.04 Å². The molecular weight excluding hydrogens is 340 g/mol. The standard InChI is InChI=1S/C17H11ClN6O/c18-12-7-21-16(22-8-12)23-10-13(5-19)24(17(23)25)15-9-20-6-11-3-1-2-4-14(11)15/h1-4,6-9,13H,10H2/t13-/m1/s1. The molecule has 7 nitrogen and oxygen atoms in total. The number of benzene rings is 1. The maximum atomic E-state index is 13.0. The predicted molar refractivity (Wildman–Crippen MR) is 93.4 cm³/mol. The predicted octanol–water partition coefficient (Wildman–Crippen LogP) is 3.02. The van der Waals surface area contributed by atoms with Gasteiger partial charge in [-0.05, 0) is 0 Å². The third kappa shape index (κ3) is 2.53. The first-order valence-corrected chi connectivity index (χ1v) is 7.87. The van der Waals surface area contributed by atoms with Crippen LogP contribution in [-0.2, 0) is 0 Å². The average molecular weight is 351 g/mol. The van der Waals surface area contributed by atoms with Crippen LogP contribution in [0.4, 0.5) is 16.4 Å². The van der Waals surface area contributed by atoms with Gasteiger partial charge in [0.25, 0.3) is 0 Å². The first-order chi connectivity index (χ1) is 12.2. The van der Waals surface area contributed by atoms with Gasteiger partial charge in [0.2, 0.25) is 5.95 Å². The normalized spacial score (nSPS) is 17.1. The van der Waals surface area contributed by atoms with Crippen molar-refractivity contribution >= 4 is 40.0 Å². The van der Waals surface area contributed by atoms with E-state index < -0.39 is 6.04 Å². The Morgan fingerprint density at radius 3 is 2.68 bits per heavy atom. The second-order valence-corrected chi connectivity index (χ2v) is 5.93. The molecule has 25 heavy (non-hydrogen) atoms. The molecule has 2 aromatic heterocycles. The maximum Gasteiger partial charge on any atom is 0.332 e. The Balaban J connectivity index is 1.80. The summed E-state index contributed by atoms with van der Waals surface area (Å²) in [6, 6.07) is 8.73. The number of carbonyl (C=O) groups excluding carboxylic acids is 1. The molecule has 0 N–H and O–H groups in total. The summed E-state index contributed by atoms with van der Waals surface area (Å²) in [5, 5.41) is 11.7. The van der Waals surface area contributed by atoms with E-state index in [0.29, 0.717) is 10.7 Å². The fourth-order valence-corrected chi connectivity index (χ4v) is 2.97. The molecule has 4 rings (SSSR count). The van der Waals surface area contributed by atoms with Crippen molar-refractivity contribution in [1.29, 1.82) is 5.26 Å². The fraction of sp³-hybridized carbons (Fsp3) is 0.118. The van der Waals surface area contributed by atoms with Crippen LogP contribution in [0.3, 0.4) is 0 Å². The highest BCUT2D eigenvalue weighted by Crippen LogP contribution is 2.32. The van der Waals surface area contributed by atoms with Crippen molar-refractivity contribution in [3.63, 3.8) is 0 Å². The number of nitriles is 1. The van der Waals surface area contributed by atoms with Gasteiger partial charge in [0, 0.05) is 17.0 Å². The largest absolute Gasteiger partial charge is 0.332 e. The highest BCUT2D eigenvalue weighted by atomic mass is 35.5. The molecule has 1 aromatic carbocycles. The zero-order valence-electron chi connectivity index (χ0n) is 12.9. The number of aromatic nitrogens is 3. The van der Waals surface area contributed by atoms with Gasteiger partial charge in [-0.15, -0.1) is 0 Å². The smallest absolute Gasteiger partial charge is 0.273 e. The third-order valence-corrected chi connectivity index (χ3v) is 4.20. The van der Waals surface area contributed by atoms with Crippen molar-refractivity contribution in [2.75, 3.05) is 16.3 Å². The minimum absolute atomic E-state index is 0.167. The SMILES string of the molecule is N#C[C@@H]1CN(c2ncc(Cl)cn2)C(=O)N1c1cncc2ccccc12. The number of halogens is 1. The summed E-state index contributed by atoms with van der Waals surface area (Å²) in [6.07, 6.45) is 6.15. The molecule has 3 heterocycles. The molecule has 2 amide bonds. The molecule has 3 aromatic rings. The number of rotatable bonds is 2. The lowest BCUT2D eigenvalue weighted by Crippen LogP contribution is -2.35. The Kier molecular flexibility index (Phi) is 3.67. The van der Waals surface area contributed by atoms with E-state index in [1.54, 1.807) is 12.4 Å². The van der Waals surface area contributed by atoms with Gasteiger partial charge in [-0.3, -0.25) is 14.8 Å². The summed E-state index contributed by atoms with van der Waals surface area (Å²) >= 11 is 5.80. The number of hydrogen-bond donors (Lipinski definition) is 0. The number of amides is 2. The van der Waals surface area contributed by atoms with E-state index in [1.165, 1.54) is 22.2 Å². The minimum atomic E-state index is -0.667. The van der Waals surface area contributed by atoms with Crippen LogP contribution in [0.25, 0.3) is 10.8 Å². The van der Waals surface area contributed by atoms with Crippen molar-refractivity contribution < 1.29 is 4.79 Å². The Hall–Kier alpha value is -3.24. The molecule has 122 valence electrons. The lowest BCUT2D eigenvalue weighted by molar-refractivity contribution is 0.255. The van der Waals surface area contributed by atoms with Crippen molar-refractivity contribution in [2.24, 2.45) is 0 Å². The van der Waals surface area contributed by atoms with Crippen LogP contribution in [0.1, 0.15) is 0 Å². The maximum absolute atomic E-state index is 13.0. The highest BCUT2D eigenvalue weighted by Gasteiger charge is 2.41. The van der Waals surface area contributed by atoms with E-state index in [0.717, 1.165) is 10.8 Å². The van der Waals surface area contributed by atoms with Crippen LogP contribution in [0.15, 0.2) is 49.1 Å². The van der Waals surface area contributed by atoms with Crippen LogP contribution in [0.5, 0.6) is 0 Å². The van der Waals surface area contributed by atoms with Crippen LogP contribution in [0.2, 0.25) is 5.02 Å². The monoisotopic (exact) mass is 350 g/mol. The Morgan fingerprint density at radius 2 is 1.92 bits per heavy atom. The van der Waals surface area contributed by atoms with Gasteiger partial charge in [0.05, 0.1) is 41.9 Å². The summed E-state index contributed by atoms with van der Waals surface area (Å²) in [4.78, 5) is 28.1. The van der Waals surface area contributed by atoms with E-state index in [4.69, 9.17) is 11.6 Å². The summed E-state index contributed by atoms with van der Waals surface area (Å²) in [5.74, 6) is 0.213. The molecule has 0 aliphatic carbocycles. The van der Waals surface area contributed by atoms with E-state index in [9.17, 15) is 10.1 Å². The van der Waals surface area contributed by atoms with E-state index in [-0.39, 0.29) is 18.5 Å². The van der Waals surface area contributed by atoms with Gasteiger partial charge < -0.3 is 0 Å². The number of hydrogen-bond acceptors (Lipinski definition) is 5. The minimum Gasteiger partial charge on any atom is -0.273 e. The molecular formula is C17H11ClN6O. The van der Waals surface area contributed by atoms with Crippen LogP contribution >= 0.6 is 11.6 Å². The average Bonchev–Trinajstić information content (AvgIpc) is 2.98. The number of fused-ring (bicyclic) bond motifs is 1. The van der Waals surface area contributed by atoms with Gasteiger partial charge in [-0.2, -0.15) is 5.26 Å². The molecule has 0 unspecified atom stereocenters. The molecule has 8 heteroatoms. The number of pyridine rings is 1. The van der Waals surface area contributed by atoms with Gasteiger partial charge in [0.15, 0.2) is 0 Å². The molecule has 0 bridgehead atoms. The van der Waals surface area contributed by atoms with Crippen molar-refractivity contribution in [1.82, 2.24) is 15.0 Å². The van der Waals surface area contributed by atoms with E-state index in [2.05, 4.69) is 21.0 Å². The number of nitrogens with zero attached hydrogens (tertiary/aromatic N) is 6. The second-order valence-electron chi connectivity index (χ2n) is 5.49. The quantitative estimate of drug-likeness (QED) is 0.709. The molecule has 0 saturated carbocycles. The Bertz CT molecular complexity index is 995. The van der Waals surface area contributed by atoms with Gasteiger partial charge in [0.1, 0.15) is 6.04 Å². The van der Waals surface area contributed by atoms with E-state index >= 15 is 0 Å². The Morgan fingerprint density at radius 1 is 1.16 bits per heavy atom. The third-order valence-electron chi connectivity index (χ3n) is 4.01. The second kappa shape index (κ2) is 6.00. The lowest BCUT2D eigenvalue weighted by Gasteiger charge is -2.20. The first kappa shape index (κ1) is 15.3. The molecule has 1 aliphatic heterocycles. The number of urea groups is 1. The first-order valence-electron chi connectivity index (χ1n) is 7.49. The van der Waals surface area contributed by atoms with E-state index in [1.807, 2.05) is 24.3 Å². The molecule has 0 spiro atoms. The fourth-order valence-electron chi connectivity index (χ4n) is 2.87. The topological polar surface area (TPSA) is 86.0 Å². The molecule has 1 saturated heterocycles. The van der Waals surface area contributed by atoms with Crippen LogP contribution < -0.4 is 9.80 Å². The van der Waals surface area contributed by atoms with Crippen LogP contribution in [0, 0.1) is 11.3 Å². The summed E-state index contributed by atoms with van der Waals surface area (Å²) in [6.45, 7) is 0.167. The summed E-state index contributed by atoms with van der Waals surface area (Å²) < 4.78 is 0. The zero-order chi connectivity index (χ0) is 17.4. The van der Waals surface area contributed by atoms with Crippen molar-refractivity contribution in [3.8, 4) is 6.07 Å². The summed E-state index contributed by atoms with van der Waals surface area (Å²) in [7, 11) is 0. The highest BCUT2D eigenvalue weighted by molar-refractivity contribution is 6.30. The molecule has 0 radical (unpaired) electrons.